The molecule has 0 atom stereocenters. The van der Waals surface area contributed by atoms with Crippen molar-refractivity contribution in [3.8, 4) is 23.1 Å². The van der Waals surface area contributed by atoms with Crippen molar-refractivity contribution < 1.29 is 9.47 Å². The van der Waals surface area contributed by atoms with Crippen molar-refractivity contribution in [2.75, 3.05) is 7.11 Å². The molecule has 2 aromatic heterocycles. The lowest BCUT2D eigenvalue weighted by Gasteiger charge is -2.11. The van der Waals surface area contributed by atoms with E-state index in [1.807, 2.05) is 35.9 Å². The predicted molar refractivity (Wildman–Crippen MR) is 111 cm³/mol. The van der Waals surface area contributed by atoms with E-state index in [1.165, 1.54) is 0 Å². The minimum absolute atomic E-state index is 0.481. The number of benzene rings is 2. The molecular formula is C22H19ClN4O2. The summed E-state index contributed by atoms with van der Waals surface area (Å²) >= 11 is 5.91. The first-order valence-corrected chi connectivity index (χ1v) is 9.42. The number of halogens is 1. The van der Waals surface area contributed by atoms with Gasteiger partial charge in [-0.05, 0) is 48.9 Å². The summed E-state index contributed by atoms with van der Waals surface area (Å²) in [7, 11) is 1.66. The van der Waals surface area contributed by atoms with Gasteiger partial charge >= 0.3 is 0 Å². The molecule has 0 radical (unpaired) electrons. The van der Waals surface area contributed by atoms with Gasteiger partial charge in [0.2, 0.25) is 5.88 Å². The van der Waals surface area contributed by atoms with Crippen molar-refractivity contribution in [1.29, 1.82) is 0 Å². The molecule has 0 amide bonds. The Morgan fingerprint density at radius 3 is 2.59 bits per heavy atom. The number of hydrogen-bond donors (Lipinski definition) is 0. The predicted octanol–water partition coefficient (Wildman–Crippen LogP) is 5.02. The fraction of sp³-hybridized carbons (Fsp3) is 0.136. The molecular weight excluding hydrogens is 388 g/mol. The third-order valence-electron chi connectivity index (χ3n) is 4.31. The molecule has 0 aliphatic carbocycles. The Balaban J connectivity index is 1.53. The van der Waals surface area contributed by atoms with E-state index in [9.17, 15) is 0 Å². The third kappa shape index (κ3) is 4.55. The van der Waals surface area contributed by atoms with Gasteiger partial charge in [0.25, 0.3) is 0 Å². The van der Waals surface area contributed by atoms with Crippen LogP contribution in [0.5, 0.6) is 17.4 Å². The molecule has 4 rings (SSSR count). The monoisotopic (exact) mass is 406 g/mol. The van der Waals surface area contributed by atoms with Crippen LogP contribution in [0.2, 0.25) is 5.02 Å². The summed E-state index contributed by atoms with van der Waals surface area (Å²) in [5.41, 5.74) is 2.91. The number of imidazole rings is 1. The van der Waals surface area contributed by atoms with Crippen molar-refractivity contribution in [1.82, 2.24) is 19.5 Å². The molecule has 0 aliphatic heterocycles. The minimum atomic E-state index is 0.481. The van der Waals surface area contributed by atoms with Crippen LogP contribution in [0, 0.1) is 6.92 Å². The Morgan fingerprint density at radius 1 is 1.03 bits per heavy atom. The van der Waals surface area contributed by atoms with Crippen LogP contribution in [0.4, 0.5) is 0 Å². The zero-order chi connectivity index (χ0) is 20.2. The average Bonchev–Trinajstić information content (AvgIpc) is 3.16. The van der Waals surface area contributed by atoms with E-state index < -0.39 is 0 Å². The van der Waals surface area contributed by atoms with E-state index in [-0.39, 0.29) is 0 Å². The Labute approximate surface area is 173 Å². The van der Waals surface area contributed by atoms with Crippen molar-refractivity contribution in [2.24, 2.45) is 0 Å². The molecule has 146 valence electrons. The van der Waals surface area contributed by atoms with Crippen molar-refractivity contribution in [3.05, 3.63) is 89.4 Å². The van der Waals surface area contributed by atoms with E-state index in [1.54, 1.807) is 50.0 Å². The summed E-state index contributed by atoms with van der Waals surface area (Å²) in [6.45, 7) is 1.95. The molecule has 0 saturated carbocycles. The van der Waals surface area contributed by atoms with E-state index >= 15 is 0 Å². The second kappa shape index (κ2) is 8.32. The van der Waals surface area contributed by atoms with Gasteiger partial charge in [-0.1, -0.05) is 17.7 Å². The van der Waals surface area contributed by atoms with E-state index in [0.29, 0.717) is 28.9 Å². The summed E-state index contributed by atoms with van der Waals surface area (Å²) in [6.07, 6.45) is 5.97. The van der Waals surface area contributed by atoms with Crippen LogP contribution in [-0.4, -0.2) is 26.6 Å². The van der Waals surface area contributed by atoms with Gasteiger partial charge in [-0.3, -0.25) is 0 Å². The largest absolute Gasteiger partial charge is 0.495 e. The van der Waals surface area contributed by atoms with Gasteiger partial charge in [-0.2, -0.15) is 4.98 Å². The number of methoxy groups -OCH3 is 1. The molecule has 0 bridgehead atoms. The summed E-state index contributed by atoms with van der Waals surface area (Å²) in [6, 6.07) is 14.9. The fourth-order valence-electron chi connectivity index (χ4n) is 2.93. The van der Waals surface area contributed by atoms with Crippen LogP contribution in [0.15, 0.2) is 67.3 Å². The lowest BCUT2D eigenvalue weighted by molar-refractivity contribution is 0.412. The first-order chi connectivity index (χ1) is 14.1. The van der Waals surface area contributed by atoms with Crippen molar-refractivity contribution in [2.45, 2.75) is 13.3 Å². The highest BCUT2D eigenvalue weighted by atomic mass is 35.5. The molecule has 7 heteroatoms. The lowest BCUT2D eigenvalue weighted by atomic mass is 10.1. The molecule has 4 aromatic rings. The Hall–Kier alpha value is -3.38. The molecule has 0 fully saturated rings. The van der Waals surface area contributed by atoms with Gasteiger partial charge in [-0.25, -0.2) is 9.97 Å². The van der Waals surface area contributed by atoms with E-state index in [2.05, 4.69) is 15.0 Å². The smallest absolute Gasteiger partial charge is 0.222 e. The molecule has 2 heterocycles. The van der Waals surface area contributed by atoms with Gasteiger partial charge in [0.15, 0.2) is 0 Å². The van der Waals surface area contributed by atoms with Crippen LogP contribution in [0.25, 0.3) is 5.69 Å². The van der Waals surface area contributed by atoms with Gasteiger partial charge < -0.3 is 14.0 Å². The minimum Gasteiger partial charge on any atom is -0.495 e. The standard InChI is InChI=1S/C22H19ClN4O2/c1-15-13-27(14-25-15)19-8-3-16(11-20(19)28-2)12-21-24-10-9-22(26-21)29-18-6-4-17(23)5-7-18/h3-11,13-14H,12H2,1-2H3. The Bertz CT molecular complexity index is 1130. The van der Waals surface area contributed by atoms with Crippen LogP contribution >= 0.6 is 11.6 Å². The summed E-state index contributed by atoms with van der Waals surface area (Å²) in [5, 5.41) is 0.656. The third-order valence-corrected chi connectivity index (χ3v) is 4.56. The Morgan fingerprint density at radius 2 is 1.86 bits per heavy atom. The molecule has 0 saturated heterocycles. The highest BCUT2D eigenvalue weighted by Crippen LogP contribution is 2.26. The topological polar surface area (TPSA) is 62.1 Å². The van der Waals surface area contributed by atoms with Gasteiger partial charge in [0, 0.05) is 29.9 Å². The summed E-state index contributed by atoms with van der Waals surface area (Å²) in [4.78, 5) is 13.1. The van der Waals surface area contributed by atoms with Crippen molar-refractivity contribution >= 4 is 11.6 Å². The summed E-state index contributed by atoms with van der Waals surface area (Å²) in [5.74, 6) is 2.56. The number of aryl methyl sites for hydroxylation is 1. The first kappa shape index (κ1) is 19.0. The van der Waals surface area contributed by atoms with Crippen LogP contribution in [0.1, 0.15) is 17.1 Å². The highest BCUT2D eigenvalue weighted by molar-refractivity contribution is 6.30. The zero-order valence-electron chi connectivity index (χ0n) is 16.0. The average molecular weight is 407 g/mol. The van der Waals surface area contributed by atoms with Gasteiger partial charge in [0.05, 0.1) is 24.8 Å². The number of nitrogens with zero attached hydrogens (tertiary/aromatic N) is 4. The second-order valence-corrected chi connectivity index (χ2v) is 6.91. The van der Waals surface area contributed by atoms with Crippen molar-refractivity contribution in [3.63, 3.8) is 0 Å². The van der Waals surface area contributed by atoms with Crippen LogP contribution in [0.3, 0.4) is 0 Å². The lowest BCUT2D eigenvalue weighted by Crippen LogP contribution is -2.00. The molecule has 0 unspecified atom stereocenters. The fourth-order valence-corrected chi connectivity index (χ4v) is 3.05. The first-order valence-electron chi connectivity index (χ1n) is 9.04. The Kier molecular flexibility index (Phi) is 5.44. The maximum absolute atomic E-state index is 5.91. The number of rotatable bonds is 6. The quantitative estimate of drug-likeness (QED) is 0.450. The maximum Gasteiger partial charge on any atom is 0.222 e. The van der Waals surface area contributed by atoms with E-state index in [4.69, 9.17) is 21.1 Å². The normalized spacial score (nSPS) is 10.7. The van der Waals surface area contributed by atoms with Crippen LogP contribution in [-0.2, 0) is 6.42 Å². The maximum atomic E-state index is 5.91. The molecule has 29 heavy (non-hydrogen) atoms. The SMILES string of the molecule is COc1cc(Cc2nccc(Oc3ccc(Cl)cc3)n2)ccc1-n1cnc(C)c1. The number of ether oxygens (including phenoxy) is 2. The van der Waals surface area contributed by atoms with Crippen LogP contribution < -0.4 is 9.47 Å². The molecule has 0 aliphatic rings. The summed E-state index contributed by atoms with van der Waals surface area (Å²) < 4.78 is 13.3. The highest BCUT2D eigenvalue weighted by Gasteiger charge is 2.09. The number of aromatic nitrogens is 4. The van der Waals surface area contributed by atoms with Gasteiger partial charge in [-0.15, -0.1) is 0 Å². The second-order valence-electron chi connectivity index (χ2n) is 6.47. The molecule has 6 nitrogen and oxygen atoms in total. The number of hydrogen-bond acceptors (Lipinski definition) is 5. The molecule has 0 spiro atoms. The van der Waals surface area contributed by atoms with E-state index in [0.717, 1.165) is 22.7 Å². The molecule has 2 aromatic carbocycles. The zero-order valence-corrected chi connectivity index (χ0v) is 16.8. The van der Waals surface area contributed by atoms with Gasteiger partial charge in [0.1, 0.15) is 17.3 Å². The molecule has 0 N–H and O–H groups in total.